The van der Waals surface area contributed by atoms with Gasteiger partial charge in [-0.25, -0.2) is 0 Å². The van der Waals surface area contributed by atoms with Crippen LogP contribution in [0.2, 0.25) is 0 Å². The highest BCUT2D eigenvalue weighted by molar-refractivity contribution is 5.83. The van der Waals surface area contributed by atoms with E-state index >= 15 is 0 Å². The van der Waals surface area contributed by atoms with Gasteiger partial charge in [0.15, 0.2) is 0 Å². The van der Waals surface area contributed by atoms with Crippen molar-refractivity contribution in [2.75, 3.05) is 19.8 Å². The number of aliphatic hydroxyl groups excluding tert-OH is 2. The largest absolute Gasteiger partial charge is 0.395 e. The summed E-state index contributed by atoms with van der Waals surface area (Å²) in [5.41, 5.74) is 0. The molecule has 0 aromatic heterocycles. The Morgan fingerprint density at radius 1 is 1.50 bits per heavy atom. The molecule has 0 spiro atoms. The van der Waals surface area contributed by atoms with Gasteiger partial charge in [0.05, 0.1) is 13.2 Å². The standard InChI is InChI=1S/C6H12N2O4/c9-2-1-7-6(12)5(3-10)8-4-11/h4-5,9-10H,1-3H2,(H,7,12)(H,8,11). The average molecular weight is 176 g/mol. The van der Waals surface area contributed by atoms with Crippen molar-refractivity contribution in [2.45, 2.75) is 6.04 Å². The molecule has 70 valence electrons. The van der Waals surface area contributed by atoms with Gasteiger partial charge >= 0.3 is 0 Å². The van der Waals surface area contributed by atoms with Gasteiger partial charge in [0, 0.05) is 6.54 Å². The number of rotatable bonds is 6. The molecule has 1 atom stereocenters. The summed E-state index contributed by atoms with van der Waals surface area (Å²) in [7, 11) is 0. The SMILES string of the molecule is O=CNC(CO)C(=O)NCCO. The Kier molecular flexibility index (Phi) is 5.94. The first-order chi connectivity index (χ1) is 5.76. The summed E-state index contributed by atoms with van der Waals surface area (Å²) in [6.07, 6.45) is 0.333. The second kappa shape index (κ2) is 6.56. The van der Waals surface area contributed by atoms with E-state index in [0.717, 1.165) is 0 Å². The third kappa shape index (κ3) is 3.89. The molecular weight excluding hydrogens is 164 g/mol. The maximum absolute atomic E-state index is 10.9. The van der Waals surface area contributed by atoms with Crippen molar-refractivity contribution in [1.82, 2.24) is 10.6 Å². The predicted octanol–water partition coefficient (Wildman–Crippen LogP) is -2.80. The van der Waals surface area contributed by atoms with Gasteiger partial charge < -0.3 is 20.8 Å². The maximum atomic E-state index is 10.9. The van der Waals surface area contributed by atoms with Gasteiger partial charge in [0.2, 0.25) is 12.3 Å². The van der Waals surface area contributed by atoms with Crippen LogP contribution < -0.4 is 10.6 Å². The lowest BCUT2D eigenvalue weighted by atomic mass is 10.3. The highest BCUT2D eigenvalue weighted by Crippen LogP contribution is 1.79. The first-order valence-electron chi connectivity index (χ1n) is 3.45. The van der Waals surface area contributed by atoms with Crippen molar-refractivity contribution in [1.29, 1.82) is 0 Å². The summed E-state index contributed by atoms with van der Waals surface area (Å²) in [6, 6.07) is -0.936. The smallest absolute Gasteiger partial charge is 0.245 e. The highest BCUT2D eigenvalue weighted by atomic mass is 16.3. The second-order valence-electron chi connectivity index (χ2n) is 2.03. The lowest BCUT2D eigenvalue weighted by Gasteiger charge is -2.11. The number of nitrogens with one attached hydrogen (secondary N) is 2. The van der Waals surface area contributed by atoms with Crippen LogP contribution in [-0.4, -0.2) is 48.3 Å². The molecule has 0 radical (unpaired) electrons. The van der Waals surface area contributed by atoms with Crippen molar-refractivity contribution in [2.24, 2.45) is 0 Å². The number of aliphatic hydroxyl groups is 2. The van der Waals surface area contributed by atoms with Gasteiger partial charge in [0.1, 0.15) is 6.04 Å². The molecule has 6 heteroatoms. The first-order valence-corrected chi connectivity index (χ1v) is 3.45. The van der Waals surface area contributed by atoms with Gasteiger partial charge in [-0.2, -0.15) is 0 Å². The molecule has 0 aliphatic heterocycles. The Labute approximate surface area is 69.6 Å². The lowest BCUT2D eigenvalue weighted by molar-refractivity contribution is -0.126. The number of carbonyl (C=O) groups is 2. The third-order valence-electron chi connectivity index (χ3n) is 1.18. The molecule has 0 aliphatic rings. The Morgan fingerprint density at radius 3 is 2.58 bits per heavy atom. The zero-order chi connectivity index (χ0) is 9.40. The number of amides is 2. The molecule has 0 aromatic rings. The first kappa shape index (κ1) is 10.9. The number of hydrogen-bond acceptors (Lipinski definition) is 4. The Morgan fingerprint density at radius 2 is 2.17 bits per heavy atom. The molecule has 0 saturated heterocycles. The van der Waals surface area contributed by atoms with Crippen molar-refractivity contribution in [3.63, 3.8) is 0 Å². The second-order valence-corrected chi connectivity index (χ2v) is 2.03. The summed E-state index contributed by atoms with van der Waals surface area (Å²) in [4.78, 5) is 20.8. The predicted molar refractivity (Wildman–Crippen MR) is 40.2 cm³/mol. The minimum Gasteiger partial charge on any atom is -0.395 e. The molecule has 0 aromatic carbocycles. The van der Waals surface area contributed by atoms with Crippen molar-refractivity contribution < 1.29 is 19.8 Å². The third-order valence-corrected chi connectivity index (χ3v) is 1.18. The van der Waals surface area contributed by atoms with Gasteiger partial charge in [-0.05, 0) is 0 Å². The van der Waals surface area contributed by atoms with E-state index in [2.05, 4.69) is 10.6 Å². The number of hydrogen-bond donors (Lipinski definition) is 4. The minimum atomic E-state index is -0.936. The van der Waals surface area contributed by atoms with E-state index in [1.165, 1.54) is 0 Å². The summed E-state index contributed by atoms with van der Waals surface area (Å²) in [6.45, 7) is -0.531. The summed E-state index contributed by atoms with van der Waals surface area (Å²) in [5, 5.41) is 21.3. The van der Waals surface area contributed by atoms with E-state index in [9.17, 15) is 9.59 Å². The maximum Gasteiger partial charge on any atom is 0.245 e. The Hall–Kier alpha value is -1.14. The molecule has 4 N–H and O–H groups in total. The molecule has 12 heavy (non-hydrogen) atoms. The fourth-order valence-electron chi connectivity index (χ4n) is 0.596. The molecular formula is C6H12N2O4. The molecule has 1 unspecified atom stereocenters. The van der Waals surface area contributed by atoms with Crippen LogP contribution in [0.15, 0.2) is 0 Å². The molecule has 0 bridgehead atoms. The molecule has 0 rings (SSSR count). The van der Waals surface area contributed by atoms with Crippen LogP contribution >= 0.6 is 0 Å². The Bertz CT molecular complexity index is 150. The topological polar surface area (TPSA) is 98.7 Å². The minimum absolute atomic E-state index is 0.107. The van der Waals surface area contributed by atoms with E-state index in [0.29, 0.717) is 6.41 Å². The van der Waals surface area contributed by atoms with Crippen LogP contribution in [0, 0.1) is 0 Å². The van der Waals surface area contributed by atoms with Crippen molar-refractivity contribution in [3.8, 4) is 0 Å². The van der Waals surface area contributed by atoms with Crippen LogP contribution in [0.3, 0.4) is 0 Å². The summed E-state index contributed by atoms with van der Waals surface area (Å²) >= 11 is 0. The molecule has 2 amide bonds. The molecule has 0 heterocycles. The van der Waals surface area contributed by atoms with E-state index in [1.54, 1.807) is 0 Å². The van der Waals surface area contributed by atoms with Crippen LogP contribution in [-0.2, 0) is 9.59 Å². The molecule has 6 nitrogen and oxygen atoms in total. The normalized spacial score (nSPS) is 11.8. The number of carbonyl (C=O) groups excluding carboxylic acids is 2. The summed E-state index contributed by atoms with van der Waals surface area (Å²) < 4.78 is 0. The van der Waals surface area contributed by atoms with E-state index < -0.39 is 18.6 Å². The van der Waals surface area contributed by atoms with Crippen LogP contribution in [0.25, 0.3) is 0 Å². The van der Waals surface area contributed by atoms with E-state index in [-0.39, 0.29) is 13.2 Å². The molecule has 0 saturated carbocycles. The van der Waals surface area contributed by atoms with Gasteiger partial charge in [-0.3, -0.25) is 9.59 Å². The average Bonchev–Trinajstić information content (AvgIpc) is 2.10. The summed E-state index contributed by atoms with van der Waals surface area (Å²) in [5.74, 6) is -0.515. The van der Waals surface area contributed by atoms with Crippen LogP contribution in [0.4, 0.5) is 0 Å². The zero-order valence-electron chi connectivity index (χ0n) is 6.49. The van der Waals surface area contributed by atoms with Gasteiger partial charge in [-0.1, -0.05) is 0 Å². The van der Waals surface area contributed by atoms with Crippen LogP contribution in [0.5, 0.6) is 0 Å². The van der Waals surface area contributed by atoms with E-state index in [1.807, 2.05) is 0 Å². The molecule has 0 fully saturated rings. The van der Waals surface area contributed by atoms with Crippen molar-refractivity contribution >= 4 is 12.3 Å². The monoisotopic (exact) mass is 176 g/mol. The van der Waals surface area contributed by atoms with Crippen LogP contribution in [0.1, 0.15) is 0 Å². The fourth-order valence-corrected chi connectivity index (χ4v) is 0.596. The zero-order valence-corrected chi connectivity index (χ0v) is 6.49. The van der Waals surface area contributed by atoms with Gasteiger partial charge in [0.25, 0.3) is 0 Å². The van der Waals surface area contributed by atoms with E-state index in [4.69, 9.17) is 10.2 Å². The quantitative estimate of drug-likeness (QED) is 0.328. The van der Waals surface area contributed by atoms with Gasteiger partial charge in [-0.15, -0.1) is 0 Å². The lowest BCUT2D eigenvalue weighted by Crippen LogP contribution is -2.46. The fraction of sp³-hybridized carbons (Fsp3) is 0.667. The Balaban J connectivity index is 3.76. The van der Waals surface area contributed by atoms with Crippen molar-refractivity contribution in [3.05, 3.63) is 0 Å². The molecule has 0 aliphatic carbocycles. The highest BCUT2D eigenvalue weighted by Gasteiger charge is 2.14.